The van der Waals surface area contributed by atoms with Gasteiger partial charge in [-0.2, -0.15) is 0 Å². The lowest BCUT2D eigenvalue weighted by Gasteiger charge is -2.30. The zero-order chi connectivity index (χ0) is 17.9. The SMILES string of the molecule is Cc1cc([C@H]2CCCCCN2C[C@@H](C)Cc2ccc3c(c2)OCO3)on1. The minimum absolute atomic E-state index is 0.334. The molecule has 2 aliphatic rings. The third kappa shape index (κ3) is 3.88. The summed E-state index contributed by atoms with van der Waals surface area (Å²) in [5.41, 5.74) is 2.28. The summed E-state index contributed by atoms with van der Waals surface area (Å²) in [6, 6.07) is 8.77. The summed E-state index contributed by atoms with van der Waals surface area (Å²) >= 11 is 0. The molecule has 1 aromatic heterocycles. The van der Waals surface area contributed by atoms with Crippen LogP contribution in [-0.4, -0.2) is 29.9 Å². The molecule has 4 rings (SSSR count). The minimum atomic E-state index is 0.334. The number of aromatic nitrogens is 1. The molecule has 5 nitrogen and oxygen atoms in total. The molecule has 0 spiro atoms. The van der Waals surface area contributed by atoms with E-state index < -0.39 is 0 Å². The van der Waals surface area contributed by atoms with E-state index in [2.05, 4.69) is 35.2 Å². The molecule has 0 unspecified atom stereocenters. The second-order valence-corrected chi connectivity index (χ2v) is 7.73. The van der Waals surface area contributed by atoms with Crippen LogP contribution in [0.4, 0.5) is 0 Å². The van der Waals surface area contributed by atoms with E-state index in [0.29, 0.717) is 18.8 Å². The Balaban J connectivity index is 1.43. The van der Waals surface area contributed by atoms with Gasteiger partial charge >= 0.3 is 0 Å². The molecule has 0 amide bonds. The number of ether oxygens (including phenoxy) is 2. The van der Waals surface area contributed by atoms with Gasteiger partial charge in [0.05, 0.1) is 11.7 Å². The van der Waals surface area contributed by atoms with Gasteiger partial charge in [0, 0.05) is 12.6 Å². The Morgan fingerprint density at radius 1 is 1.15 bits per heavy atom. The number of hydrogen-bond donors (Lipinski definition) is 0. The van der Waals surface area contributed by atoms with E-state index in [4.69, 9.17) is 14.0 Å². The first-order valence-electron chi connectivity index (χ1n) is 9.75. The average Bonchev–Trinajstić information content (AvgIpc) is 3.19. The Labute approximate surface area is 155 Å². The van der Waals surface area contributed by atoms with Crippen LogP contribution < -0.4 is 9.47 Å². The largest absolute Gasteiger partial charge is 0.454 e. The van der Waals surface area contributed by atoms with Crippen molar-refractivity contribution < 1.29 is 14.0 Å². The second-order valence-electron chi connectivity index (χ2n) is 7.73. The van der Waals surface area contributed by atoms with Gasteiger partial charge in [0.2, 0.25) is 6.79 Å². The molecule has 1 saturated heterocycles. The van der Waals surface area contributed by atoms with Crippen molar-refractivity contribution in [1.82, 2.24) is 10.1 Å². The minimum Gasteiger partial charge on any atom is -0.454 e. The third-order valence-electron chi connectivity index (χ3n) is 5.41. The molecule has 2 aliphatic heterocycles. The fourth-order valence-corrected chi connectivity index (χ4v) is 4.18. The lowest BCUT2D eigenvalue weighted by Crippen LogP contribution is -2.33. The highest BCUT2D eigenvalue weighted by Gasteiger charge is 2.27. The Hall–Kier alpha value is -2.01. The molecule has 140 valence electrons. The summed E-state index contributed by atoms with van der Waals surface area (Å²) < 4.78 is 16.5. The van der Waals surface area contributed by atoms with Crippen LogP contribution in [0.3, 0.4) is 0 Å². The van der Waals surface area contributed by atoms with Gasteiger partial charge in [-0.25, -0.2) is 0 Å². The molecule has 5 heteroatoms. The van der Waals surface area contributed by atoms with E-state index in [9.17, 15) is 0 Å². The lowest BCUT2D eigenvalue weighted by atomic mass is 9.98. The normalized spacial score (nSPS) is 21.5. The predicted octanol–water partition coefficient (Wildman–Crippen LogP) is 4.51. The average molecular weight is 356 g/mol. The topological polar surface area (TPSA) is 47.7 Å². The molecule has 2 aromatic rings. The van der Waals surface area contributed by atoms with Crippen molar-refractivity contribution in [2.45, 2.75) is 52.0 Å². The van der Waals surface area contributed by atoms with Gasteiger partial charge in [-0.15, -0.1) is 0 Å². The van der Waals surface area contributed by atoms with Crippen molar-refractivity contribution >= 4 is 0 Å². The monoisotopic (exact) mass is 356 g/mol. The number of aryl methyl sites for hydroxylation is 1. The van der Waals surface area contributed by atoms with E-state index in [1.54, 1.807) is 0 Å². The molecule has 0 bridgehead atoms. The van der Waals surface area contributed by atoms with Gasteiger partial charge in [-0.3, -0.25) is 4.90 Å². The fourth-order valence-electron chi connectivity index (χ4n) is 4.18. The van der Waals surface area contributed by atoms with Crippen molar-refractivity contribution in [3.63, 3.8) is 0 Å². The van der Waals surface area contributed by atoms with Gasteiger partial charge in [-0.1, -0.05) is 31.0 Å². The number of hydrogen-bond acceptors (Lipinski definition) is 5. The summed E-state index contributed by atoms with van der Waals surface area (Å²) in [4.78, 5) is 2.60. The van der Waals surface area contributed by atoms with Crippen LogP contribution >= 0.6 is 0 Å². The van der Waals surface area contributed by atoms with E-state index in [1.165, 1.54) is 24.8 Å². The molecular formula is C21H28N2O3. The Kier molecular flexibility index (Phi) is 5.16. The van der Waals surface area contributed by atoms with Gasteiger partial charge in [0.25, 0.3) is 0 Å². The summed E-state index contributed by atoms with van der Waals surface area (Å²) in [5.74, 6) is 3.31. The van der Waals surface area contributed by atoms with Crippen molar-refractivity contribution in [1.29, 1.82) is 0 Å². The molecule has 2 atom stereocenters. The summed E-state index contributed by atoms with van der Waals surface area (Å²) in [7, 11) is 0. The first-order valence-corrected chi connectivity index (χ1v) is 9.75. The highest BCUT2D eigenvalue weighted by atomic mass is 16.7. The Bertz CT molecular complexity index is 743. The van der Waals surface area contributed by atoms with Crippen molar-refractivity contribution in [3.05, 3.63) is 41.3 Å². The highest BCUT2D eigenvalue weighted by Crippen LogP contribution is 2.34. The maximum atomic E-state index is 5.62. The number of benzene rings is 1. The van der Waals surface area contributed by atoms with Gasteiger partial charge < -0.3 is 14.0 Å². The molecular weight excluding hydrogens is 328 g/mol. The first-order chi connectivity index (χ1) is 12.7. The van der Waals surface area contributed by atoms with E-state index in [-0.39, 0.29) is 0 Å². The molecule has 0 aliphatic carbocycles. The maximum absolute atomic E-state index is 5.62. The number of fused-ring (bicyclic) bond motifs is 1. The summed E-state index contributed by atoms with van der Waals surface area (Å²) in [6.45, 7) is 6.86. The number of likely N-dealkylation sites (tertiary alicyclic amines) is 1. The number of nitrogens with zero attached hydrogens (tertiary/aromatic N) is 2. The first kappa shape index (κ1) is 17.4. The predicted molar refractivity (Wildman–Crippen MR) is 99.5 cm³/mol. The van der Waals surface area contributed by atoms with Crippen molar-refractivity contribution in [3.8, 4) is 11.5 Å². The Morgan fingerprint density at radius 2 is 2.04 bits per heavy atom. The number of rotatable bonds is 5. The zero-order valence-electron chi connectivity index (χ0n) is 15.7. The standard InChI is InChI=1S/C21H28N2O3/c1-15(10-17-7-8-19-21(12-17)25-14-24-19)13-23-9-5-3-4-6-18(23)20-11-16(2)22-26-20/h7-8,11-12,15,18H,3-6,9-10,13-14H2,1-2H3/t15-,18+/m0/s1. The van der Waals surface area contributed by atoms with Crippen LogP contribution in [0.15, 0.2) is 28.8 Å². The van der Waals surface area contributed by atoms with Crippen LogP contribution in [0.25, 0.3) is 0 Å². The van der Waals surface area contributed by atoms with Crippen LogP contribution in [0.1, 0.15) is 55.7 Å². The highest BCUT2D eigenvalue weighted by molar-refractivity contribution is 5.44. The van der Waals surface area contributed by atoms with Gasteiger partial charge in [0.1, 0.15) is 0 Å². The van der Waals surface area contributed by atoms with Crippen LogP contribution in [0.2, 0.25) is 0 Å². The molecule has 1 aromatic carbocycles. The molecule has 26 heavy (non-hydrogen) atoms. The lowest BCUT2D eigenvalue weighted by molar-refractivity contribution is 0.147. The van der Waals surface area contributed by atoms with E-state index in [1.807, 2.05) is 13.0 Å². The van der Waals surface area contributed by atoms with Crippen molar-refractivity contribution in [2.75, 3.05) is 19.9 Å². The van der Waals surface area contributed by atoms with E-state index in [0.717, 1.165) is 48.9 Å². The third-order valence-corrected chi connectivity index (χ3v) is 5.41. The van der Waals surface area contributed by atoms with Gasteiger partial charge in [-0.05, 0) is 56.3 Å². The molecule has 1 fully saturated rings. The zero-order valence-corrected chi connectivity index (χ0v) is 15.7. The van der Waals surface area contributed by atoms with Crippen LogP contribution in [0.5, 0.6) is 11.5 Å². The molecule has 0 radical (unpaired) electrons. The molecule has 3 heterocycles. The van der Waals surface area contributed by atoms with E-state index >= 15 is 0 Å². The maximum Gasteiger partial charge on any atom is 0.231 e. The van der Waals surface area contributed by atoms with Gasteiger partial charge in [0.15, 0.2) is 17.3 Å². The summed E-state index contributed by atoms with van der Waals surface area (Å²) in [5, 5.41) is 4.11. The quantitative estimate of drug-likeness (QED) is 0.789. The fraction of sp³-hybridized carbons (Fsp3) is 0.571. The summed E-state index contributed by atoms with van der Waals surface area (Å²) in [6.07, 6.45) is 6.02. The molecule has 0 saturated carbocycles. The van der Waals surface area contributed by atoms with Crippen molar-refractivity contribution in [2.24, 2.45) is 5.92 Å². The smallest absolute Gasteiger partial charge is 0.231 e. The second kappa shape index (κ2) is 7.70. The van der Waals surface area contributed by atoms with Crippen LogP contribution in [0, 0.1) is 12.8 Å². The molecule has 0 N–H and O–H groups in total. The Morgan fingerprint density at radius 3 is 2.88 bits per heavy atom. The van der Waals surface area contributed by atoms with Crippen LogP contribution in [-0.2, 0) is 6.42 Å².